The van der Waals surface area contributed by atoms with Gasteiger partial charge in [-0.15, -0.1) is 0 Å². The Balaban J connectivity index is 2.22. The van der Waals surface area contributed by atoms with E-state index in [-0.39, 0.29) is 12.1 Å². The van der Waals surface area contributed by atoms with E-state index in [1.807, 2.05) is 38.1 Å². The van der Waals surface area contributed by atoms with E-state index in [1.54, 1.807) is 0 Å². The molecular weight excluding hydrogens is 242 g/mol. The summed E-state index contributed by atoms with van der Waals surface area (Å²) in [6.45, 7) is 4.58. The van der Waals surface area contributed by atoms with E-state index in [0.717, 1.165) is 5.69 Å². The molecule has 1 heterocycles. The third-order valence-corrected chi connectivity index (χ3v) is 3.58. The standard InChI is InChI=1S/C15H21NO3/c1-11-4-6-13(7-5-11)16-15(14(17)18-3)8-9-19-12(2)10-15/h4-7,12,16H,8-10H2,1-3H3. The minimum absolute atomic E-state index is 0.0470. The Morgan fingerprint density at radius 3 is 2.68 bits per heavy atom. The molecule has 104 valence electrons. The van der Waals surface area contributed by atoms with Gasteiger partial charge in [-0.2, -0.15) is 0 Å². The van der Waals surface area contributed by atoms with Gasteiger partial charge in [-0.05, 0) is 26.0 Å². The summed E-state index contributed by atoms with van der Waals surface area (Å²) in [7, 11) is 1.43. The van der Waals surface area contributed by atoms with Gasteiger partial charge in [0.1, 0.15) is 5.54 Å². The number of benzene rings is 1. The molecule has 1 fully saturated rings. The molecule has 0 spiro atoms. The van der Waals surface area contributed by atoms with Crippen molar-refractivity contribution in [3.05, 3.63) is 29.8 Å². The van der Waals surface area contributed by atoms with Gasteiger partial charge in [0.05, 0.1) is 13.2 Å². The SMILES string of the molecule is COC(=O)C1(Nc2ccc(C)cc2)CCOC(C)C1. The number of nitrogens with one attached hydrogen (secondary N) is 1. The highest BCUT2D eigenvalue weighted by molar-refractivity contribution is 5.84. The zero-order valence-corrected chi connectivity index (χ0v) is 11.7. The monoisotopic (exact) mass is 263 g/mol. The van der Waals surface area contributed by atoms with Crippen LogP contribution in [0.4, 0.5) is 5.69 Å². The van der Waals surface area contributed by atoms with E-state index in [0.29, 0.717) is 19.4 Å². The molecule has 4 nitrogen and oxygen atoms in total. The predicted octanol–water partition coefficient (Wildman–Crippen LogP) is 2.52. The fourth-order valence-electron chi connectivity index (χ4n) is 2.54. The van der Waals surface area contributed by atoms with Gasteiger partial charge < -0.3 is 14.8 Å². The summed E-state index contributed by atoms with van der Waals surface area (Å²) < 4.78 is 10.5. The minimum atomic E-state index is -0.679. The van der Waals surface area contributed by atoms with Crippen LogP contribution in [0.5, 0.6) is 0 Å². The van der Waals surface area contributed by atoms with Gasteiger partial charge in [-0.25, -0.2) is 4.79 Å². The molecule has 1 aromatic carbocycles. The zero-order valence-electron chi connectivity index (χ0n) is 11.7. The number of ether oxygens (including phenoxy) is 2. The van der Waals surface area contributed by atoms with Crippen LogP contribution in [0.3, 0.4) is 0 Å². The minimum Gasteiger partial charge on any atom is -0.467 e. The first kappa shape index (κ1) is 13.9. The van der Waals surface area contributed by atoms with Gasteiger partial charge in [-0.3, -0.25) is 0 Å². The summed E-state index contributed by atoms with van der Waals surface area (Å²) in [6.07, 6.45) is 1.29. The summed E-state index contributed by atoms with van der Waals surface area (Å²) in [5.41, 5.74) is 1.45. The Morgan fingerprint density at radius 1 is 1.42 bits per heavy atom. The number of methoxy groups -OCH3 is 1. The number of carbonyl (C=O) groups is 1. The molecule has 1 aromatic rings. The molecule has 0 bridgehead atoms. The quantitative estimate of drug-likeness (QED) is 0.851. The smallest absolute Gasteiger partial charge is 0.331 e. The number of carbonyl (C=O) groups excluding carboxylic acids is 1. The van der Waals surface area contributed by atoms with Gasteiger partial charge in [0.2, 0.25) is 0 Å². The summed E-state index contributed by atoms with van der Waals surface area (Å²) >= 11 is 0. The second kappa shape index (κ2) is 5.61. The van der Waals surface area contributed by atoms with Crippen molar-refractivity contribution in [2.75, 3.05) is 19.0 Å². The number of hydrogen-bond acceptors (Lipinski definition) is 4. The zero-order chi connectivity index (χ0) is 13.9. The van der Waals surface area contributed by atoms with Crippen LogP contribution in [0, 0.1) is 6.92 Å². The average molecular weight is 263 g/mol. The summed E-state index contributed by atoms with van der Waals surface area (Å²) in [5, 5.41) is 3.35. The van der Waals surface area contributed by atoms with E-state index < -0.39 is 5.54 Å². The number of hydrogen-bond donors (Lipinski definition) is 1. The van der Waals surface area contributed by atoms with Crippen LogP contribution in [0.15, 0.2) is 24.3 Å². The third kappa shape index (κ3) is 3.07. The van der Waals surface area contributed by atoms with E-state index in [9.17, 15) is 4.79 Å². The average Bonchev–Trinajstić information content (AvgIpc) is 2.40. The maximum Gasteiger partial charge on any atom is 0.331 e. The number of rotatable bonds is 3. The van der Waals surface area contributed by atoms with E-state index in [4.69, 9.17) is 9.47 Å². The summed E-state index contributed by atoms with van der Waals surface area (Å²) in [6, 6.07) is 8.02. The van der Waals surface area contributed by atoms with Crippen LogP contribution in [0.1, 0.15) is 25.3 Å². The van der Waals surface area contributed by atoms with Gasteiger partial charge in [0.15, 0.2) is 0 Å². The molecule has 0 saturated carbocycles. The van der Waals surface area contributed by atoms with Crippen molar-refractivity contribution >= 4 is 11.7 Å². The Labute approximate surface area is 114 Å². The fourth-order valence-corrected chi connectivity index (χ4v) is 2.54. The van der Waals surface area contributed by atoms with Gasteiger partial charge in [0, 0.05) is 25.1 Å². The Hall–Kier alpha value is -1.55. The Kier molecular flexibility index (Phi) is 4.10. The molecule has 0 aliphatic carbocycles. The second-order valence-electron chi connectivity index (χ2n) is 5.20. The summed E-state index contributed by atoms with van der Waals surface area (Å²) in [5.74, 6) is -0.219. The van der Waals surface area contributed by atoms with Crippen molar-refractivity contribution in [2.45, 2.75) is 38.3 Å². The van der Waals surface area contributed by atoms with Crippen LogP contribution in [0.25, 0.3) is 0 Å². The first-order valence-corrected chi connectivity index (χ1v) is 6.60. The molecular formula is C15H21NO3. The molecule has 2 rings (SSSR count). The first-order chi connectivity index (χ1) is 9.05. The van der Waals surface area contributed by atoms with Gasteiger partial charge >= 0.3 is 5.97 Å². The van der Waals surface area contributed by atoms with E-state index in [1.165, 1.54) is 12.7 Å². The van der Waals surface area contributed by atoms with Gasteiger partial charge in [0.25, 0.3) is 0 Å². The molecule has 4 heteroatoms. The molecule has 1 aliphatic rings. The highest BCUT2D eigenvalue weighted by atomic mass is 16.5. The van der Waals surface area contributed by atoms with E-state index >= 15 is 0 Å². The van der Waals surface area contributed by atoms with Crippen molar-refractivity contribution in [2.24, 2.45) is 0 Å². The number of esters is 1. The number of anilines is 1. The molecule has 19 heavy (non-hydrogen) atoms. The molecule has 0 aromatic heterocycles. The van der Waals surface area contributed by atoms with Crippen molar-refractivity contribution in [3.63, 3.8) is 0 Å². The van der Waals surface area contributed by atoms with Crippen molar-refractivity contribution in [3.8, 4) is 0 Å². The fraction of sp³-hybridized carbons (Fsp3) is 0.533. The number of aryl methyl sites for hydroxylation is 1. The Morgan fingerprint density at radius 2 is 2.11 bits per heavy atom. The third-order valence-electron chi connectivity index (χ3n) is 3.58. The largest absolute Gasteiger partial charge is 0.467 e. The van der Waals surface area contributed by atoms with Crippen molar-refractivity contribution < 1.29 is 14.3 Å². The Bertz CT molecular complexity index is 443. The second-order valence-corrected chi connectivity index (χ2v) is 5.20. The predicted molar refractivity (Wildman–Crippen MR) is 74.2 cm³/mol. The van der Waals surface area contributed by atoms with E-state index in [2.05, 4.69) is 5.32 Å². The van der Waals surface area contributed by atoms with Crippen LogP contribution in [-0.4, -0.2) is 31.3 Å². The summed E-state index contributed by atoms with van der Waals surface area (Å²) in [4.78, 5) is 12.2. The lowest BCUT2D eigenvalue weighted by molar-refractivity contribution is -0.151. The van der Waals surface area contributed by atoms with Crippen molar-refractivity contribution in [1.82, 2.24) is 0 Å². The molecule has 1 N–H and O–H groups in total. The lowest BCUT2D eigenvalue weighted by Gasteiger charge is -2.38. The van der Waals surface area contributed by atoms with Crippen LogP contribution in [0.2, 0.25) is 0 Å². The van der Waals surface area contributed by atoms with Gasteiger partial charge in [-0.1, -0.05) is 17.7 Å². The topological polar surface area (TPSA) is 47.6 Å². The molecule has 2 unspecified atom stereocenters. The van der Waals surface area contributed by atoms with Crippen LogP contribution in [-0.2, 0) is 14.3 Å². The normalized spacial score (nSPS) is 26.8. The highest BCUT2D eigenvalue weighted by Crippen LogP contribution is 2.30. The molecule has 2 atom stereocenters. The lowest BCUT2D eigenvalue weighted by Crippen LogP contribution is -2.53. The van der Waals surface area contributed by atoms with Crippen molar-refractivity contribution in [1.29, 1.82) is 0 Å². The molecule has 0 amide bonds. The molecule has 1 aliphatic heterocycles. The lowest BCUT2D eigenvalue weighted by atomic mass is 9.86. The van der Waals surface area contributed by atoms with Crippen LogP contribution >= 0.6 is 0 Å². The first-order valence-electron chi connectivity index (χ1n) is 6.60. The highest BCUT2D eigenvalue weighted by Gasteiger charge is 2.43. The maximum atomic E-state index is 12.2. The maximum absolute atomic E-state index is 12.2. The molecule has 0 radical (unpaired) electrons. The van der Waals surface area contributed by atoms with Crippen LogP contribution < -0.4 is 5.32 Å². The molecule has 1 saturated heterocycles.